The lowest BCUT2D eigenvalue weighted by molar-refractivity contribution is 0.0697. The molecular weight excluding hydrogens is 358 g/mol. The van der Waals surface area contributed by atoms with Gasteiger partial charge in [-0.1, -0.05) is 41.9 Å². The van der Waals surface area contributed by atoms with Crippen molar-refractivity contribution in [3.8, 4) is 11.3 Å². The predicted molar refractivity (Wildman–Crippen MR) is 102 cm³/mol. The van der Waals surface area contributed by atoms with Crippen molar-refractivity contribution >= 4 is 40.3 Å². The summed E-state index contributed by atoms with van der Waals surface area (Å²) in [4.78, 5) is 15.8. The molecule has 2 aromatic carbocycles. The first-order chi connectivity index (χ1) is 12.0. The van der Waals surface area contributed by atoms with Gasteiger partial charge < -0.3 is 5.11 Å². The van der Waals surface area contributed by atoms with Gasteiger partial charge in [0, 0.05) is 28.6 Å². The van der Waals surface area contributed by atoms with Crippen molar-refractivity contribution in [2.24, 2.45) is 5.10 Å². The smallest absolute Gasteiger partial charge is 0.336 e. The Bertz CT molecular complexity index is 939. The summed E-state index contributed by atoms with van der Waals surface area (Å²) in [5.74, 6) is -0.984. The molecule has 0 radical (unpaired) electrons. The maximum atomic E-state index is 11.2. The number of benzene rings is 2. The zero-order chi connectivity index (χ0) is 17.8. The van der Waals surface area contributed by atoms with Crippen molar-refractivity contribution in [1.29, 1.82) is 0 Å². The van der Waals surface area contributed by atoms with Crippen LogP contribution in [-0.4, -0.2) is 29.3 Å². The molecule has 0 spiro atoms. The van der Waals surface area contributed by atoms with E-state index in [1.807, 2.05) is 29.6 Å². The predicted octanol–water partition coefficient (Wildman–Crippen LogP) is 4.63. The van der Waals surface area contributed by atoms with Crippen LogP contribution in [0.3, 0.4) is 0 Å². The van der Waals surface area contributed by atoms with Gasteiger partial charge in [-0.15, -0.1) is 11.3 Å². The molecule has 0 unspecified atom stereocenters. The Kier molecular flexibility index (Phi) is 5.11. The number of thiazole rings is 1. The molecular formula is C18H14ClN3O2S. The van der Waals surface area contributed by atoms with E-state index in [0.29, 0.717) is 15.7 Å². The number of carboxylic acid groups (broad SMARTS) is 1. The summed E-state index contributed by atoms with van der Waals surface area (Å²) in [7, 11) is 1.76. The lowest BCUT2D eigenvalue weighted by Crippen LogP contribution is -2.09. The monoisotopic (exact) mass is 371 g/mol. The highest BCUT2D eigenvalue weighted by atomic mass is 35.5. The van der Waals surface area contributed by atoms with Gasteiger partial charge in [-0.05, 0) is 18.2 Å². The van der Waals surface area contributed by atoms with E-state index < -0.39 is 5.97 Å². The number of nitrogens with zero attached hydrogens (tertiary/aromatic N) is 3. The Morgan fingerprint density at radius 2 is 2.08 bits per heavy atom. The number of carbonyl (C=O) groups is 1. The van der Waals surface area contributed by atoms with Crippen molar-refractivity contribution in [2.75, 3.05) is 12.1 Å². The lowest BCUT2D eigenvalue weighted by Gasteiger charge is -2.08. The Balaban J connectivity index is 1.81. The van der Waals surface area contributed by atoms with E-state index in [1.165, 1.54) is 17.6 Å². The Labute approximate surface area is 153 Å². The number of aromatic carboxylic acids is 1. The molecule has 1 heterocycles. The molecule has 1 aromatic heterocycles. The van der Waals surface area contributed by atoms with E-state index in [0.717, 1.165) is 11.3 Å². The third-order valence-corrected chi connectivity index (χ3v) is 4.59. The second-order valence-electron chi connectivity index (χ2n) is 5.19. The quantitative estimate of drug-likeness (QED) is 0.524. The number of hydrazone groups is 1. The first-order valence-corrected chi connectivity index (χ1v) is 8.62. The Morgan fingerprint density at radius 1 is 1.28 bits per heavy atom. The fourth-order valence-corrected chi connectivity index (χ4v) is 3.14. The third-order valence-electron chi connectivity index (χ3n) is 3.45. The summed E-state index contributed by atoms with van der Waals surface area (Å²) < 4.78 is 0. The van der Waals surface area contributed by atoms with Crippen LogP contribution < -0.4 is 5.01 Å². The number of hydrogen-bond donors (Lipinski definition) is 1. The molecule has 0 aliphatic heterocycles. The van der Waals surface area contributed by atoms with Crippen LogP contribution in [0.2, 0.25) is 5.02 Å². The van der Waals surface area contributed by atoms with Crippen molar-refractivity contribution in [1.82, 2.24) is 4.98 Å². The molecule has 3 aromatic rings. The summed E-state index contributed by atoms with van der Waals surface area (Å²) in [6.07, 6.45) is 1.52. The van der Waals surface area contributed by atoms with E-state index in [1.54, 1.807) is 36.3 Å². The Hall–Kier alpha value is -2.70. The van der Waals surface area contributed by atoms with E-state index >= 15 is 0 Å². The molecule has 1 N–H and O–H groups in total. The normalized spacial score (nSPS) is 11.0. The minimum absolute atomic E-state index is 0.207. The number of carboxylic acids is 1. The standard InChI is InChI=1S/C18H14ClN3O2S/c1-22(20-10-13-5-2-3-8-15(13)17(23)24)18-21-16(11-25-18)12-6-4-7-14(19)9-12/h2-11H,1H3,(H,23,24)/b20-10+. The third kappa shape index (κ3) is 4.04. The van der Waals surface area contributed by atoms with Crippen LogP contribution in [0.5, 0.6) is 0 Å². The van der Waals surface area contributed by atoms with Crippen LogP contribution in [-0.2, 0) is 0 Å². The van der Waals surface area contributed by atoms with E-state index in [9.17, 15) is 9.90 Å². The average Bonchev–Trinajstić information content (AvgIpc) is 3.10. The maximum Gasteiger partial charge on any atom is 0.336 e. The van der Waals surface area contributed by atoms with E-state index in [2.05, 4.69) is 10.1 Å². The summed E-state index contributed by atoms with van der Waals surface area (Å²) in [6.45, 7) is 0. The van der Waals surface area contributed by atoms with Crippen LogP contribution in [0.1, 0.15) is 15.9 Å². The maximum absolute atomic E-state index is 11.2. The summed E-state index contributed by atoms with van der Waals surface area (Å²) in [5, 5.41) is 18.4. The number of halogens is 1. The van der Waals surface area contributed by atoms with Crippen LogP contribution >= 0.6 is 22.9 Å². The average molecular weight is 372 g/mol. The largest absolute Gasteiger partial charge is 0.478 e. The molecule has 0 amide bonds. The fraction of sp³-hybridized carbons (Fsp3) is 0.0556. The minimum atomic E-state index is -0.984. The fourth-order valence-electron chi connectivity index (χ4n) is 2.20. The number of hydrogen-bond acceptors (Lipinski definition) is 5. The molecule has 0 aliphatic rings. The zero-order valence-corrected chi connectivity index (χ0v) is 14.8. The van der Waals surface area contributed by atoms with Gasteiger partial charge in [-0.3, -0.25) is 0 Å². The van der Waals surface area contributed by atoms with Crippen LogP contribution in [0.4, 0.5) is 5.13 Å². The second kappa shape index (κ2) is 7.46. The van der Waals surface area contributed by atoms with Crippen molar-refractivity contribution in [3.05, 3.63) is 70.1 Å². The molecule has 126 valence electrons. The van der Waals surface area contributed by atoms with Gasteiger partial charge in [-0.25, -0.2) is 14.8 Å². The highest BCUT2D eigenvalue weighted by Crippen LogP contribution is 2.28. The van der Waals surface area contributed by atoms with E-state index in [-0.39, 0.29) is 5.56 Å². The lowest BCUT2D eigenvalue weighted by atomic mass is 10.1. The molecule has 0 atom stereocenters. The van der Waals surface area contributed by atoms with Gasteiger partial charge in [0.2, 0.25) is 5.13 Å². The van der Waals surface area contributed by atoms with Crippen molar-refractivity contribution in [2.45, 2.75) is 0 Å². The molecule has 0 aliphatic carbocycles. The van der Waals surface area contributed by atoms with Gasteiger partial charge in [-0.2, -0.15) is 5.10 Å². The number of rotatable bonds is 5. The number of anilines is 1. The molecule has 25 heavy (non-hydrogen) atoms. The highest BCUT2D eigenvalue weighted by Gasteiger charge is 2.10. The van der Waals surface area contributed by atoms with Gasteiger partial charge in [0.1, 0.15) is 0 Å². The minimum Gasteiger partial charge on any atom is -0.478 e. The first-order valence-electron chi connectivity index (χ1n) is 7.36. The number of aromatic nitrogens is 1. The summed E-state index contributed by atoms with van der Waals surface area (Å²) in [5.41, 5.74) is 2.49. The molecule has 0 saturated heterocycles. The zero-order valence-electron chi connectivity index (χ0n) is 13.3. The summed E-state index contributed by atoms with van der Waals surface area (Å²) in [6, 6.07) is 14.2. The SMILES string of the molecule is CN(/N=C/c1ccccc1C(=O)O)c1nc(-c2cccc(Cl)c2)cs1. The molecule has 0 bridgehead atoms. The second-order valence-corrected chi connectivity index (χ2v) is 6.46. The van der Waals surface area contributed by atoms with Crippen LogP contribution in [0.25, 0.3) is 11.3 Å². The van der Waals surface area contributed by atoms with Crippen molar-refractivity contribution < 1.29 is 9.90 Å². The van der Waals surface area contributed by atoms with E-state index in [4.69, 9.17) is 11.6 Å². The van der Waals surface area contributed by atoms with Gasteiger partial charge in [0.15, 0.2) is 0 Å². The summed E-state index contributed by atoms with van der Waals surface area (Å²) >= 11 is 7.46. The van der Waals surface area contributed by atoms with Crippen LogP contribution in [0, 0.1) is 0 Å². The van der Waals surface area contributed by atoms with Gasteiger partial charge in [0.25, 0.3) is 0 Å². The molecule has 5 nitrogen and oxygen atoms in total. The molecule has 0 fully saturated rings. The molecule has 3 rings (SSSR count). The first kappa shape index (κ1) is 17.1. The molecule has 7 heteroatoms. The Morgan fingerprint density at radius 3 is 2.84 bits per heavy atom. The highest BCUT2D eigenvalue weighted by molar-refractivity contribution is 7.14. The van der Waals surface area contributed by atoms with Gasteiger partial charge in [0.05, 0.1) is 17.5 Å². The topological polar surface area (TPSA) is 65.8 Å². The van der Waals surface area contributed by atoms with Gasteiger partial charge >= 0.3 is 5.97 Å². The molecule has 0 saturated carbocycles. The van der Waals surface area contributed by atoms with Crippen LogP contribution in [0.15, 0.2) is 59.0 Å². The van der Waals surface area contributed by atoms with Crippen molar-refractivity contribution in [3.63, 3.8) is 0 Å².